The molecule has 0 spiro atoms. The Morgan fingerprint density at radius 3 is 1.63 bits per heavy atom. The van der Waals surface area contributed by atoms with Gasteiger partial charge in [-0.25, -0.2) is 0 Å². The lowest BCUT2D eigenvalue weighted by Gasteiger charge is -2.20. The predicted molar refractivity (Wildman–Crippen MR) is 110 cm³/mol. The van der Waals surface area contributed by atoms with Crippen molar-refractivity contribution >= 4 is 10.1 Å². The van der Waals surface area contributed by atoms with Gasteiger partial charge in [0.1, 0.15) is 13.2 Å². The van der Waals surface area contributed by atoms with Crippen LogP contribution in [0.5, 0.6) is 23.0 Å². The van der Waals surface area contributed by atoms with Crippen LogP contribution in [0.4, 0.5) is 0 Å². The van der Waals surface area contributed by atoms with E-state index < -0.39 is 10.1 Å². The van der Waals surface area contributed by atoms with E-state index >= 15 is 0 Å². The van der Waals surface area contributed by atoms with E-state index in [4.69, 9.17) is 27.9 Å². The van der Waals surface area contributed by atoms with E-state index in [2.05, 4.69) is 0 Å². The smallest absolute Gasteiger partial charge is 0.264 e. The second kappa shape index (κ2) is 11.1. The molecule has 0 bridgehead atoms. The normalized spacial score (nSPS) is 16.7. The quantitative estimate of drug-likeness (QED) is 0.676. The lowest BCUT2D eigenvalue weighted by Crippen LogP contribution is -2.26. The van der Waals surface area contributed by atoms with Crippen LogP contribution in [-0.4, -0.2) is 60.9 Å². The average Bonchev–Trinajstić information content (AvgIpc) is 2.72. The lowest BCUT2D eigenvalue weighted by molar-refractivity contribution is 0.0713. The highest BCUT2D eigenvalue weighted by Gasteiger charge is 2.18. The maximum atomic E-state index is 11.4. The summed E-state index contributed by atoms with van der Waals surface area (Å²) in [4.78, 5) is 0. The van der Waals surface area contributed by atoms with E-state index in [0.717, 1.165) is 6.26 Å². The zero-order chi connectivity index (χ0) is 21.2. The minimum Gasteiger partial charge on any atom is -0.489 e. The molecule has 0 amide bonds. The molecule has 2 aromatic rings. The second-order valence-electron chi connectivity index (χ2n) is 6.68. The molecule has 1 aliphatic heterocycles. The predicted octanol–water partition coefficient (Wildman–Crippen LogP) is 2.52. The summed E-state index contributed by atoms with van der Waals surface area (Å²) in [6.45, 7) is 1.81. The standard InChI is InChI=1S/C21H26O8S/c1-30(22,23)29-16-17-14-27-20-8-4-2-6-18(20)25-12-10-24-11-13-26-19-7-3-5-9-21(19)28-15-17/h2-9,17H,10-16H2,1H3. The SMILES string of the molecule is CS(=O)(=O)OCC1COc2ccccc2OCCOCCOc2ccccc2OC1. The first kappa shape index (κ1) is 22.2. The molecule has 0 radical (unpaired) electrons. The summed E-state index contributed by atoms with van der Waals surface area (Å²) < 4.78 is 56.7. The van der Waals surface area contributed by atoms with Gasteiger partial charge >= 0.3 is 0 Å². The summed E-state index contributed by atoms with van der Waals surface area (Å²) in [6.07, 6.45) is 1.01. The molecule has 0 fully saturated rings. The van der Waals surface area contributed by atoms with Gasteiger partial charge in [0.2, 0.25) is 0 Å². The molecule has 0 aliphatic carbocycles. The third-order valence-electron chi connectivity index (χ3n) is 4.14. The fourth-order valence-electron chi connectivity index (χ4n) is 2.68. The van der Waals surface area contributed by atoms with Gasteiger partial charge in [-0.15, -0.1) is 0 Å². The van der Waals surface area contributed by atoms with Crippen molar-refractivity contribution in [3.63, 3.8) is 0 Å². The fourth-order valence-corrected chi connectivity index (χ4v) is 3.12. The Morgan fingerprint density at radius 1 is 0.767 bits per heavy atom. The van der Waals surface area contributed by atoms with Crippen LogP contribution in [0.1, 0.15) is 0 Å². The van der Waals surface area contributed by atoms with Gasteiger partial charge in [-0.2, -0.15) is 8.42 Å². The Bertz CT molecular complexity index is 844. The van der Waals surface area contributed by atoms with Crippen LogP contribution in [0.2, 0.25) is 0 Å². The molecule has 0 saturated carbocycles. The Kier molecular flexibility index (Phi) is 8.18. The Balaban J connectivity index is 1.76. The monoisotopic (exact) mass is 438 g/mol. The van der Waals surface area contributed by atoms with Gasteiger partial charge < -0.3 is 23.7 Å². The number of hydrogen-bond acceptors (Lipinski definition) is 8. The van der Waals surface area contributed by atoms with Crippen molar-refractivity contribution in [3.8, 4) is 23.0 Å². The van der Waals surface area contributed by atoms with Crippen LogP contribution in [-0.2, 0) is 19.0 Å². The molecule has 0 saturated heterocycles. The summed E-state index contributed by atoms with van der Waals surface area (Å²) in [7, 11) is -3.59. The molecular formula is C21H26O8S. The van der Waals surface area contributed by atoms with Gasteiger partial charge in [0.05, 0.1) is 45.2 Å². The molecule has 164 valence electrons. The largest absolute Gasteiger partial charge is 0.489 e. The van der Waals surface area contributed by atoms with Crippen molar-refractivity contribution in [2.45, 2.75) is 0 Å². The van der Waals surface area contributed by atoms with Gasteiger partial charge in [-0.1, -0.05) is 24.3 Å². The highest BCUT2D eigenvalue weighted by atomic mass is 32.2. The number of hydrogen-bond donors (Lipinski definition) is 0. The highest BCUT2D eigenvalue weighted by molar-refractivity contribution is 7.85. The van der Waals surface area contributed by atoms with Crippen molar-refractivity contribution in [2.24, 2.45) is 5.92 Å². The molecule has 1 heterocycles. The van der Waals surface area contributed by atoms with Crippen LogP contribution < -0.4 is 18.9 Å². The number of rotatable bonds is 3. The molecule has 0 N–H and O–H groups in total. The van der Waals surface area contributed by atoms with E-state index in [-0.39, 0.29) is 25.7 Å². The number of para-hydroxylation sites is 4. The van der Waals surface area contributed by atoms with Gasteiger partial charge in [0.25, 0.3) is 10.1 Å². The van der Waals surface area contributed by atoms with Crippen LogP contribution >= 0.6 is 0 Å². The number of fused-ring (bicyclic) bond motifs is 2. The van der Waals surface area contributed by atoms with Crippen molar-refractivity contribution in [3.05, 3.63) is 48.5 Å². The van der Waals surface area contributed by atoms with E-state index in [9.17, 15) is 8.42 Å². The number of benzene rings is 2. The van der Waals surface area contributed by atoms with Crippen LogP contribution in [0.15, 0.2) is 48.5 Å². The molecule has 30 heavy (non-hydrogen) atoms. The van der Waals surface area contributed by atoms with E-state index in [1.54, 1.807) is 24.3 Å². The molecule has 9 heteroatoms. The average molecular weight is 438 g/mol. The van der Waals surface area contributed by atoms with E-state index in [0.29, 0.717) is 49.4 Å². The zero-order valence-electron chi connectivity index (χ0n) is 16.8. The molecule has 1 aliphatic rings. The minimum absolute atomic E-state index is 0.0707. The lowest BCUT2D eigenvalue weighted by atomic mass is 10.2. The molecule has 0 aromatic heterocycles. The zero-order valence-corrected chi connectivity index (χ0v) is 17.6. The molecular weight excluding hydrogens is 412 g/mol. The maximum absolute atomic E-state index is 11.4. The van der Waals surface area contributed by atoms with Gasteiger partial charge in [0.15, 0.2) is 23.0 Å². The minimum atomic E-state index is -3.59. The summed E-state index contributed by atoms with van der Waals surface area (Å²) in [5.41, 5.74) is 0. The molecule has 8 nitrogen and oxygen atoms in total. The molecule has 3 rings (SSSR count). The Morgan fingerprint density at radius 2 is 1.20 bits per heavy atom. The van der Waals surface area contributed by atoms with Crippen LogP contribution in [0.3, 0.4) is 0 Å². The topological polar surface area (TPSA) is 89.5 Å². The van der Waals surface area contributed by atoms with Crippen molar-refractivity contribution in [2.75, 3.05) is 52.5 Å². The maximum Gasteiger partial charge on any atom is 0.264 e. The number of ether oxygens (including phenoxy) is 5. The van der Waals surface area contributed by atoms with E-state index in [1.807, 2.05) is 24.3 Å². The van der Waals surface area contributed by atoms with Crippen molar-refractivity contribution < 1.29 is 36.3 Å². The summed E-state index contributed by atoms with van der Waals surface area (Å²) in [6, 6.07) is 14.5. The second-order valence-corrected chi connectivity index (χ2v) is 8.32. The summed E-state index contributed by atoms with van der Waals surface area (Å²) in [5.74, 6) is 1.92. The first-order chi connectivity index (χ1) is 14.5. The Hall–Kier alpha value is -2.49. The first-order valence-corrected chi connectivity index (χ1v) is 11.4. The van der Waals surface area contributed by atoms with Crippen LogP contribution in [0.25, 0.3) is 0 Å². The van der Waals surface area contributed by atoms with Gasteiger partial charge in [-0.05, 0) is 24.3 Å². The van der Waals surface area contributed by atoms with E-state index in [1.165, 1.54) is 0 Å². The Labute approximate surface area is 176 Å². The third kappa shape index (κ3) is 7.40. The fraction of sp³-hybridized carbons (Fsp3) is 0.429. The summed E-state index contributed by atoms with van der Waals surface area (Å²) in [5, 5.41) is 0. The van der Waals surface area contributed by atoms with Gasteiger partial charge in [-0.3, -0.25) is 4.18 Å². The molecule has 2 aromatic carbocycles. The molecule has 0 atom stereocenters. The third-order valence-corrected chi connectivity index (χ3v) is 4.70. The highest BCUT2D eigenvalue weighted by Crippen LogP contribution is 2.29. The van der Waals surface area contributed by atoms with Crippen molar-refractivity contribution in [1.82, 2.24) is 0 Å². The van der Waals surface area contributed by atoms with Crippen molar-refractivity contribution in [1.29, 1.82) is 0 Å². The summed E-state index contributed by atoms with van der Waals surface area (Å²) >= 11 is 0. The molecule has 0 unspecified atom stereocenters. The van der Waals surface area contributed by atoms with Crippen LogP contribution in [0, 0.1) is 5.92 Å². The van der Waals surface area contributed by atoms with Gasteiger partial charge in [0, 0.05) is 0 Å². The first-order valence-electron chi connectivity index (χ1n) is 9.62.